The number of nitrogens with zero attached hydrogens (tertiary/aromatic N) is 1. The first-order valence-corrected chi connectivity index (χ1v) is 18.2. The minimum Gasteiger partial charge on any atom is -0.490 e. The van der Waals surface area contributed by atoms with Gasteiger partial charge in [-0.25, -0.2) is 18.2 Å². The van der Waals surface area contributed by atoms with E-state index in [0.29, 0.717) is 35.2 Å². The number of carboxylic acids is 1. The Bertz CT molecular complexity index is 2060. The minimum absolute atomic E-state index is 0.0307. The number of aromatic nitrogens is 1. The van der Waals surface area contributed by atoms with E-state index in [0.717, 1.165) is 10.8 Å². The van der Waals surface area contributed by atoms with Crippen molar-refractivity contribution in [1.29, 1.82) is 0 Å². The number of carboxylic acid groups (broad SMARTS) is 1. The van der Waals surface area contributed by atoms with E-state index < -0.39 is 51.2 Å². The minimum atomic E-state index is -5.08. The lowest BCUT2D eigenvalue weighted by molar-refractivity contribution is -0.192. The monoisotopic (exact) mass is 776 g/mol. The quantitative estimate of drug-likeness (QED) is 0.103. The predicted octanol–water partition coefficient (Wildman–Crippen LogP) is 6.39. The highest BCUT2D eigenvalue weighted by Crippen LogP contribution is 2.35. The molecule has 292 valence electrons. The summed E-state index contributed by atoms with van der Waals surface area (Å²) in [4.78, 5) is 40.1. The van der Waals surface area contributed by atoms with Gasteiger partial charge in [0.05, 0.1) is 42.4 Å². The summed E-state index contributed by atoms with van der Waals surface area (Å²) in [5, 5.41) is 14.2. The highest BCUT2D eigenvalue weighted by Gasteiger charge is 2.38. The number of sulfone groups is 1. The maximum Gasteiger partial charge on any atom is 0.490 e. The molecule has 0 radical (unpaired) electrons. The Morgan fingerprint density at radius 2 is 1.63 bits per heavy atom. The number of amides is 1. The van der Waals surface area contributed by atoms with Crippen molar-refractivity contribution in [3.63, 3.8) is 0 Å². The van der Waals surface area contributed by atoms with Gasteiger partial charge in [0.1, 0.15) is 11.9 Å². The van der Waals surface area contributed by atoms with Crippen molar-refractivity contribution in [2.24, 2.45) is 0 Å². The number of benzene rings is 3. The summed E-state index contributed by atoms with van der Waals surface area (Å²) in [6, 6.07) is 16.8. The molecule has 0 bridgehead atoms. The first-order valence-electron chi connectivity index (χ1n) is 16.6. The lowest BCUT2D eigenvalue weighted by Gasteiger charge is -2.26. The van der Waals surface area contributed by atoms with E-state index >= 15 is 0 Å². The number of hydrogen-bond acceptors (Lipinski definition) is 11. The Balaban J connectivity index is 0.00000102. The van der Waals surface area contributed by atoms with Crippen molar-refractivity contribution in [2.45, 2.75) is 75.5 Å². The number of nitrogen functional groups attached to an aromatic ring is 1. The predicted molar refractivity (Wildman–Crippen MR) is 196 cm³/mol. The van der Waals surface area contributed by atoms with Crippen molar-refractivity contribution in [1.82, 2.24) is 10.3 Å². The largest absolute Gasteiger partial charge is 0.490 e. The molecule has 1 aromatic heterocycles. The number of rotatable bonds is 14. The number of pyridine rings is 1. The molecule has 0 spiro atoms. The fourth-order valence-electron chi connectivity index (χ4n) is 5.11. The van der Waals surface area contributed by atoms with Gasteiger partial charge in [-0.2, -0.15) is 13.2 Å². The third-order valence-corrected chi connectivity index (χ3v) is 9.94. The Morgan fingerprint density at radius 3 is 2.22 bits per heavy atom. The molecular weight excluding hydrogens is 733 g/mol. The fraction of sp³-hybridized carbons (Fsp3) is 0.351. The van der Waals surface area contributed by atoms with Crippen LogP contribution in [-0.4, -0.2) is 67.6 Å². The van der Waals surface area contributed by atoms with Crippen LogP contribution in [0.4, 0.5) is 24.7 Å². The molecule has 0 aliphatic heterocycles. The number of carbonyl (C=O) groups is 3. The maximum atomic E-state index is 14.4. The third kappa shape index (κ3) is 11.2. The Hall–Kier alpha value is -5.58. The van der Waals surface area contributed by atoms with Crippen LogP contribution in [-0.2, 0) is 29.0 Å². The van der Waals surface area contributed by atoms with Crippen LogP contribution >= 0.6 is 0 Å². The standard InChI is InChI=1S/C35H42N4O7S.C2HF3O2/c1-7-45-29-15-12-24(19-30(29)46-21(2)3)33(38-25-13-14-26-23(18-25)16-17-37-34(26)36)35(41)39-28(20-32(40)44-6)27-10-8-9-11-31(27)47(42,43)22(4)5;3-2(4,5)1(6)7/h8-19,21-22,28,33,38H,7,20H2,1-6H3,(H2,36,37)(H,39,41);(H,6,7)/t28-,33?;/m1./s1. The number of anilines is 2. The zero-order valence-corrected chi connectivity index (χ0v) is 31.2. The third-order valence-electron chi connectivity index (χ3n) is 7.71. The first kappa shape index (κ1) is 42.8. The average molecular weight is 777 g/mol. The molecule has 1 unspecified atom stereocenters. The van der Waals surface area contributed by atoms with Gasteiger partial charge in [0.2, 0.25) is 5.91 Å². The smallest absolute Gasteiger partial charge is 0.490 e. The number of hydrogen-bond donors (Lipinski definition) is 4. The van der Waals surface area contributed by atoms with Crippen LogP contribution in [0.2, 0.25) is 0 Å². The highest BCUT2D eigenvalue weighted by molar-refractivity contribution is 7.92. The van der Waals surface area contributed by atoms with Crippen LogP contribution in [0.5, 0.6) is 11.5 Å². The number of carbonyl (C=O) groups excluding carboxylic acids is 2. The van der Waals surface area contributed by atoms with Gasteiger partial charge in [-0.3, -0.25) is 9.59 Å². The van der Waals surface area contributed by atoms with E-state index in [-0.39, 0.29) is 23.0 Å². The fourth-order valence-corrected chi connectivity index (χ4v) is 6.42. The number of aliphatic carboxylic acids is 1. The number of esters is 1. The summed E-state index contributed by atoms with van der Waals surface area (Å²) in [5.74, 6) is -2.54. The molecule has 1 amide bonds. The molecule has 0 saturated heterocycles. The molecule has 5 N–H and O–H groups in total. The van der Waals surface area contributed by atoms with Crippen molar-refractivity contribution >= 4 is 50.0 Å². The number of fused-ring (bicyclic) bond motifs is 1. The van der Waals surface area contributed by atoms with Crippen molar-refractivity contribution < 1.29 is 55.3 Å². The Labute approximate surface area is 310 Å². The second kappa shape index (κ2) is 18.4. The summed E-state index contributed by atoms with van der Waals surface area (Å²) >= 11 is 0. The van der Waals surface area contributed by atoms with E-state index in [1.54, 1.807) is 62.5 Å². The molecule has 0 fully saturated rings. The summed E-state index contributed by atoms with van der Waals surface area (Å²) in [6.45, 7) is 9.22. The molecule has 4 rings (SSSR count). The van der Waals surface area contributed by atoms with Crippen LogP contribution in [0, 0.1) is 0 Å². The number of nitrogens with one attached hydrogen (secondary N) is 2. The average Bonchev–Trinajstić information content (AvgIpc) is 3.10. The summed E-state index contributed by atoms with van der Waals surface area (Å²) in [7, 11) is -2.53. The van der Waals surface area contributed by atoms with Gasteiger partial charge >= 0.3 is 18.1 Å². The van der Waals surface area contributed by atoms with Gasteiger partial charge in [0.15, 0.2) is 21.3 Å². The Morgan fingerprint density at radius 1 is 0.963 bits per heavy atom. The number of methoxy groups -OCH3 is 1. The molecule has 0 aliphatic rings. The first-order chi connectivity index (χ1) is 25.3. The molecule has 17 heteroatoms. The highest BCUT2D eigenvalue weighted by atomic mass is 32.2. The summed E-state index contributed by atoms with van der Waals surface area (Å²) in [5.41, 5.74) is 7.49. The van der Waals surface area contributed by atoms with Gasteiger partial charge in [-0.15, -0.1) is 0 Å². The topological polar surface area (TPSA) is 196 Å². The van der Waals surface area contributed by atoms with Crippen molar-refractivity contribution in [2.75, 3.05) is 24.8 Å². The number of nitrogens with two attached hydrogens (primary N) is 1. The van der Waals surface area contributed by atoms with Crippen LogP contribution < -0.4 is 25.8 Å². The second-order valence-corrected chi connectivity index (χ2v) is 14.8. The zero-order chi connectivity index (χ0) is 40.4. The van der Waals surface area contributed by atoms with Crippen molar-refractivity contribution in [3.05, 3.63) is 84.1 Å². The SMILES string of the molecule is CCOc1ccc(C(Nc2ccc3c(N)nccc3c2)C(=O)N[C@H](CC(=O)OC)c2ccccc2S(=O)(=O)C(C)C)cc1OC(C)C.O=C(O)C(F)(F)F. The van der Waals surface area contributed by atoms with Crippen molar-refractivity contribution in [3.8, 4) is 11.5 Å². The maximum absolute atomic E-state index is 14.4. The van der Waals surface area contributed by atoms with E-state index in [2.05, 4.69) is 15.6 Å². The Kier molecular flexibility index (Phi) is 14.6. The van der Waals surface area contributed by atoms with E-state index in [9.17, 15) is 31.2 Å². The molecule has 0 aliphatic carbocycles. The number of ether oxygens (including phenoxy) is 3. The normalized spacial score (nSPS) is 12.6. The van der Waals surface area contributed by atoms with Crippen LogP contribution in [0.3, 0.4) is 0 Å². The molecule has 13 nitrogen and oxygen atoms in total. The second-order valence-electron chi connectivity index (χ2n) is 12.3. The van der Waals surface area contributed by atoms with Crippen LogP contribution in [0.25, 0.3) is 10.8 Å². The number of alkyl halides is 3. The molecule has 54 heavy (non-hydrogen) atoms. The van der Waals surface area contributed by atoms with Crippen LogP contribution in [0.15, 0.2) is 77.8 Å². The molecule has 2 atom stereocenters. The molecule has 4 aromatic rings. The molecular formula is C37H43F3N4O9S. The molecule has 1 heterocycles. The molecule has 0 saturated carbocycles. The summed E-state index contributed by atoms with van der Waals surface area (Å²) < 4.78 is 75.2. The van der Waals surface area contributed by atoms with E-state index in [1.165, 1.54) is 13.2 Å². The van der Waals surface area contributed by atoms with Gasteiger partial charge in [-0.1, -0.05) is 24.3 Å². The lowest BCUT2D eigenvalue weighted by Crippen LogP contribution is -2.38. The van der Waals surface area contributed by atoms with Gasteiger partial charge in [0, 0.05) is 17.3 Å². The number of halogens is 3. The van der Waals surface area contributed by atoms with Gasteiger partial charge in [0.25, 0.3) is 0 Å². The van der Waals surface area contributed by atoms with E-state index in [4.69, 9.17) is 29.8 Å². The van der Waals surface area contributed by atoms with Gasteiger partial charge in [-0.05, 0) is 93.6 Å². The summed E-state index contributed by atoms with van der Waals surface area (Å²) in [6.07, 6.45) is -3.95. The zero-order valence-electron chi connectivity index (χ0n) is 30.4. The lowest BCUT2D eigenvalue weighted by atomic mass is 10.0. The van der Waals surface area contributed by atoms with Crippen LogP contribution in [0.1, 0.15) is 64.3 Å². The van der Waals surface area contributed by atoms with Gasteiger partial charge < -0.3 is 35.7 Å². The van der Waals surface area contributed by atoms with E-state index in [1.807, 2.05) is 39.0 Å². The molecule has 3 aromatic carbocycles.